The number of nitrogens with zero attached hydrogens (tertiary/aromatic N) is 3. The number of methoxy groups -OCH3 is 1. The van der Waals surface area contributed by atoms with Gasteiger partial charge in [0.25, 0.3) is 10.0 Å². The molecule has 0 aliphatic rings. The predicted octanol–water partition coefficient (Wildman–Crippen LogP) is 5.20. The molecule has 0 aliphatic heterocycles. The van der Waals surface area contributed by atoms with Crippen LogP contribution in [-0.4, -0.2) is 36.6 Å². The fourth-order valence-corrected chi connectivity index (χ4v) is 5.05. The molecule has 2 aromatic heterocycles. The first-order chi connectivity index (χ1) is 18.8. The van der Waals surface area contributed by atoms with E-state index in [9.17, 15) is 13.2 Å². The minimum absolute atomic E-state index is 0.127. The van der Waals surface area contributed by atoms with Crippen LogP contribution >= 0.6 is 0 Å². The van der Waals surface area contributed by atoms with Gasteiger partial charge in [0.2, 0.25) is 11.8 Å². The second kappa shape index (κ2) is 10.8. The van der Waals surface area contributed by atoms with Crippen molar-refractivity contribution in [2.24, 2.45) is 0 Å². The smallest absolute Gasteiger partial charge is 0.262 e. The number of anilines is 4. The molecule has 3 N–H and O–H groups in total. The number of carbonyl (C=O) groups is 1. The number of fused-ring (bicyclic) bond motifs is 1. The normalized spacial score (nSPS) is 11.1. The number of sulfonamides is 1. The molecule has 0 atom stereocenters. The number of carbonyl (C=O) groups excluding carboxylic acids is 1. The minimum Gasteiger partial charge on any atom is -0.480 e. The molecule has 10 nitrogen and oxygen atoms in total. The summed E-state index contributed by atoms with van der Waals surface area (Å²) < 4.78 is 33.8. The van der Waals surface area contributed by atoms with E-state index in [1.165, 1.54) is 26.2 Å². The molecule has 0 saturated heterocycles. The summed E-state index contributed by atoms with van der Waals surface area (Å²) in [5, 5.41) is 15.2. The molecular formula is C28H24N6O4S. The number of pyridine rings is 1. The Bertz CT molecular complexity index is 1760. The van der Waals surface area contributed by atoms with Crippen molar-refractivity contribution in [2.45, 2.75) is 11.8 Å². The summed E-state index contributed by atoms with van der Waals surface area (Å²) in [4.78, 5) is 15.7. The van der Waals surface area contributed by atoms with Gasteiger partial charge in [0.15, 0.2) is 0 Å². The minimum atomic E-state index is -3.85. The van der Waals surface area contributed by atoms with E-state index in [1.807, 2.05) is 30.3 Å². The van der Waals surface area contributed by atoms with Gasteiger partial charge in [0.1, 0.15) is 5.69 Å². The lowest BCUT2D eigenvalue weighted by atomic mass is 10.0. The standard InChI is InChI=1S/C28H24N6O4S/c1-18(35)31-21-9-11-22(12-10-21)32-27-17-30-33-25-13-8-19(14-24(25)27)20-15-26(28(38-2)29-16-20)34-39(36,37)23-6-4-3-5-7-23/h3-17,34H,1-2H3,(H,31,35)(H,32,33). The molecule has 5 aromatic rings. The zero-order chi connectivity index (χ0) is 27.4. The fraction of sp³-hybridized carbons (Fsp3) is 0.0714. The number of hydrogen-bond acceptors (Lipinski definition) is 8. The number of amides is 1. The summed E-state index contributed by atoms with van der Waals surface area (Å²) in [6, 6.07) is 22.7. The average Bonchev–Trinajstić information content (AvgIpc) is 2.94. The van der Waals surface area contributed by atoms with Crippen LogP contribution in [0, 0.1) is 0 Å². The number of benzene rings is 3. The Morgan fingerprint density at radius 3 is 2.31 bits per heavy atom. The predicted molar refractivity (Wildman–Crippen MR) is 151 cm³/mol. The maximum atomic E-state index is 12.9. The lowest BCUT2D eigenvalue weighted by molar-refractivity contribution is -0.114. The van der Waals surface area contributed by atoms with Crippen LogP contribution in [0.1, 0.15) is 6.92 Å². The van der Waals surface area contributed by atoms with Crippen LogP contribution < -0.4 is 20.1 Å². The van der Waals surface area contributed by atoms with Crippen LogP contribution in [0.15, 0.2) is 96.2 Å². The van der Waals surface area contributed by atoms with Gasteiger partial charge in [-0.05, 0) is 60.2 Å². The number of aromatic nitrogens is 3. The highest BCUT2D eigenvalue weighted by atomic mass is 32.2. The first-order valence-corrected chi connectivity index (χ1v) is 13.3. The van der Waals surface area contributed by atoms with E-state index >= 15 is 0 Å². The Kier molecular flexibility index (Phi) is 7.06. The SMILES string of the molecule is COc1ncc(-c2ccc3nncc(Nc4ccc(NC(C)=O)cc4)c3c2)cc1NS(=O)(=O)c1ccccc1. The third-order valence-corrected chi connectivity index (χ3v) is 7.18. The van der Waals surface area contributed by atoms with Gasteiger partial charge in [-0.15, -0.1) is 0 Å². The van der Waals surface area contributed by atoms with Gasteiger partial charge >= 0.3 is 0 Å². The molecule has 11 heteroatoms. The van der Waals surface area contributed by atoms with Gasteiger partial charge in [-0.3, -0.25) is 9.52 Å². The summed E-state index contributed by atoms with van der Waals surface area (Å²) in [5.41, 5.74) is 4.56. The summed E-state index contributed by atoms with van der Waals surface area (Å²) >= 11 is 0. The highest BCUT2D eigenvalue weighted by molar-refractivity contribution is 7.92. The number of nitrogens with one attached hydrogen (secondary N) is 3. The molecule has 3 aromatic carbocycles. The second-order valence-electron chi connectivity index (χ2n) is 8.57. The van der Waals surface area contributed by atoms with E-state index in [-0.39, 0.29) is 22.4 Å². The van der Waals surface area contributed by atoms with Gasteiger partial charge in [-0.25, -0.2) is 13.4 Å². The number of hydrogen-bond donors (Lipinski definition) is 3. The van der Waals surface area contributed by atoms with Crippen molar-refractivity contribution >= 4 is 49.6 Å². The molecule has 0 aliphatic carbocycles. The molecule has 39 heavy (non-hydrogen) atoms. The Morgan fingerprint density at radius 1 is 0.846 bits per heavy atom. The van der Waals surface area contributed by atoms with Crippen molar-refractivity contribution in [3.05, 3.63) is 91.3 Å². The fourth-order valence-electron chi connectivity index (χ4n) is 3.98. The van der Waals surface area contributed by atoms with Crippen LogP contribution in [0.4, 0.5) is 22.7 Å². The molecule has 0 saturated carbocycles. The lowest BCUT2D eigenvalue weighted by Crippen LogP contribution is -2.14. The zero-order valence-corrected chi connectivity index (χ0v) is 21.9. The largest absolute Gasteiger partial charge is 0.480 e. The molecule has 0 bridgehead atoms. The van der Waals surface area contributed by atoms with Crippen molar-refractivity contribution < 1.29 is 17.9 Å². The van der Waals surface area contributed by atoms with Gasteiger partial charge in [-0.2, -0.15) is 10.2 Å². The zero-order valence-electron chi connectivity index (χ0n) is 21.0. The van der Waals surface area contributed by atoms with Crippen molar-refractivity contribution in [1.82, 2.24) is 15.2 Å². The molecule has 2 heterocycles. The van der Waals surface area contributed by atoms with Crippen molar-refractivity contribution in [3.8, 4) is 17.0 Å². The van der Waals surface area contributed by atoms with Crippen LogP contribution in [0.3, 0.4) is 0 Å². The van der Waals surface area contributed by atoms with Crippen molar-refractivity contribution in [1.29, 1.82) is 0 Å². The molecule has 5 rings (SSSR count). The van der Waals surface area contributed by atoms with Gasteiger partial charge in [-0.1, -0.05) is 24.3 Å². The molecule has 0 spiro atoms. The molecule has 1 amide bonds. The third kappa shape index (κ3) is 5.78. The Hall–Kier alpha value is -5.03. The average molecular weight is 541 g/mol. The highest BCUT2D eigenvalue weighted by Crippen LogP contribution is 2.33. The van der Waals surface area contributed by atoms with Crippen molar-refractivity contribution in [2.75, 3.05) is 22.5 Å². The summed E-state index contributed by atoms with van der Waals surface area (Å²) in [5.74, 6) is 0.00610. The second-order valence-corrected chi connectivity index (χ2v) is 10.3. The molecule has 0 unspecified atom stereocenters. The maximum absolute atomic E-state index is 12.9. The van der Waals surface area contributed by atoms with Gasteiger partial charge < -0.3 is 15.4 Å². The first kappa shape index (κ1) is 25.6. The summed E-state index contributed by atoms with van der Waals surface area (Å²) in [6.07, 6.45) is 3.24. The van der Waals surface area contributed by atoms with E-state index in [2.05, 4.69) is 30.5 Å². The first-order valence-electron chi connectivity index (χ1n) is 11.8. The lowest BCUT2D eigenvalue weighted by Gasteiger charge is -2.14. The quantitative estimate of drug-likeness (QED) is 0.244. The van der Waals surface area contributed by atoms with Crippen LogP contribution in [0.5, 0.6) is 5.88 Å². The monoisotopic (exact) mass is 540 g/mol. The molecule has 0 fully saturated rings. The van der Waals surface area contributed by atoms with E-state index in [0.29, 0.717) is 16.8 Å². The van der Waals surface area contributed by atoms with Crippen LogP contribution in [0.2, 0.25) is 0 Å². The van der Waals surface area contributed by atoms with E-state index in [0.717, 1.165) is 22.3 Å². The molecular weight excluding hydrogens is 516 g/mol. The van der Waals surface area contributed by atoms with Crippen LogP contribution in [-0.2, 0) is 14.8 Å². The van der Waals surface area contributed by atoms with Gasteiger partial charge in [0.05, 0.1) is 29.4 Å². The molecule has 196 valence electrons. The highest BCUT2D eigenvalue weighted by Gasteiger charge is 2.18. The summed E-state index contributed by atoms with van der Waals surface area (Å²) in [7, 11) is -2.42. The number of ether oxygens (including phenoxy) is 1. The van der Waals surface area contributed by atoms with E-state index < -0.39 is 10.0 Å². The van der Waals surface area contributed by atoms with Crippen LogP contribution in [0.25, 0.3) is 22.0 Å². The van der Waals surface area contributed by atoms with Crippen molar-refractivity contribution in [3.63, 3.8) is 0 Å². The van der Waals surface area contributed by atoms with E-state index in [4.69, 9.17) is 4.74 Å². The molecule has 0 radical (unpaired) electrons. The third-order valence-electron chi connectivity index (χ3n) is 5.80. The Labute approximate surface area is 225 Å². The van der Waals surface area contributed by atoms with Gasteiger partial charge in [0, 0.05) is 35.4 Å². The number of rotatable bonds is 8. The maximum Gasteiger partial charge on any atom is 0.262 e. The van der Waals surface area contributed by atoms with E-state index in [1.54, 1.807) is 48.8 Å². The Morgan fingerprint density at radius 2 is 1.59 bits per heavy atom. The topological polar surface area (TPSA) is 135 Å². The Balaban J connectivity index is 1.48. The summed E-state index contributed by atoms with van der Waals surface area (Å²) in [6.45, 7) is 1.46.